The molecule has 0 aliphatic carbocycles. The second-order valence-corrected chi connectivity index (χ2v) is 6.01. The van der Waals surface area contributed by atoms with E-state index in [1.54, 1.807) is 0 Å². The van der Waals surface area contributed by atoms with Gasteiger partial charge >= 0.3 is 5.97 Å². The van der Waals surface area contributed by atoms with Crippen LogP contribution >= 0.6 is 0 Å². The fourth-order valence-electron chi connectivity index (χ4n) is 2.69. The molecule has 1 aliphatic heterocycles. The van der Waals surface area contributed by atoms with Crippen LogP contribution in [-0.2, 0) is 9.53 Å². The Morgan fingerprint density at radius 1 is 1.42 bits per heavy atom. The smallest absolute Gasteiger partial charge is 0.313 e. The molecule has 0 spiro atoms. The molecule has 0 saturated carbocycles. The van der Waals surface area contributed by atoms with Crippen LogP contribution in [0.25, 0.3) is 0 Å². The number of hydrogen-bond donors (Lipinski definition) is 1. The van der Waals surface area contributed by atoms with Crippen LogP contribution in [0.5, 0.6) is 0 Å². The summed E-state index contributed by atoms with van der Waals surface area (Å²) in [4.78, 5) is 14.0. The number of hydrogen-bond acceptors (Lipinski definition) is 3. The lowest BCUT2D eigenvalue weighted by Crippen LogP contribution is -2.50. The summed E-state index contributed by atoms with van der Waals surface area (Å²) >= 11 is 0. The Hall–Kier alpha value is -0.610. The lowest BCUT2D eigenvalue weighted by Gasteiger charge is -2.39. The van der Waals surface area contributed by atoms with E-state index in [1.165, 1.54) is 12.8 Å². The largest absolute Gasteiger partial charge is 0.481 e. The lowest BCUT2D eigenvalue weighted by atomic mass is 9.81. The minimum absolute atomic E-state index is 0.360. The number of unbranched alkanes of at least 4 members (excludes halogenated alkanes) is 2. The zero-order chi connectivity index (χ0) is 14.3. The van der Waals surface area contributed by atoms with Crippen molar-refractivity contribution in [2.45, 2.75) is 58.9 Å². The average Bonchev–Trinajstić information content (AvgIpc) is 2.38. The first kappa shape index (κ1) is 16.4. The zero-order valence-corrected chi connectivity index (χ0v) is 12.7. The molecule has 1 heterocycles. The van der Waals surface area contributed by atoms with Gasteiger partial charge in [-0.1, -0.05) is 19.8 Å². The molecule has 4 heteroatoms. The predicted octanol–water partition coefficient (Wildman–Crippen LogP) is 2.77. The van der Waals surface area contributed by atoms with Gasteiger partial charge in [-0.15, -0.1) is 0 Å². The lowest BCUT2D eigenvalue weighted by molar-refractivity contribution is -0.159. The quantitative estimate of drug-likeness (QED) is 0.690. The summed E-state index contributed by atoms with van der Waals surface area (Å²) < 4.78 is 5.45. The summed E-state index contributed by atoms with van der Waals surface area (Å²) in [5.74, 6) is -0.701. The van der Waals surface area contributed by atoms with Gasteiger partial charge in [-0.25, -0.2) is 0 Å². The van der Waals surface area contributed by atoms with Crippen LogP contribution in [-0.4, -0.2) is 48.3 Å². The van der Waals surface area contributed by atoms with Crippen LogP contribution in [0.1, 0.15) is 52.9 Å². The summed E-state index contributed by atoms with van der Waals surface area (Å²) in [6.45, 7) is 9.14. The average molecular weight is 271 g/mol. The number of nitrogens with zero attached hydrogens (tertiary/aromatic N) is 1. The minimum Gasteiger partial charge on any atom is -0.481 e. The topological polar surface area (TPSA) is 49.8 Å². The number of ether oxygens (including phenoxy) is 1. The number of carboxylic acids is 1. The van der Waals surface area contributed by atoms with Crippen molar-refractivity contribution in [2.24, 2.45) is 5.41 Å². The molecular formula is C15H29NO3. The molecule has 112 valence electrons. The van der Waals surface area contributed by atoms with Crippen LogP contribution in [0.4, 0.5) is 0 Å². The molecule has 0 aromatic carbocycles. The monoisotopic (exact) mass is 271 g/mol. The van der Waals surface area contributed by atoms with Crippen molar-refractivity contribution in [3.63, 3.8) is 0 Å². The third-order valence-electron chi connectivity index (χ3n) is 4.06. The Labute approximate surface area is 117 Å². The summed E-state index contributed by atoms with van der Waals surface area (Å²) in [5, 5.41) is 9.58. The molecule has 1 atom stereocenters. The number of carbonyl (C=O) groups is 1. The molecule has 1 fully saturated rings. The first-order chi connectivity index (χ1) is 9.02. The standard InChI is InChI=1S/C15H29NO3/c1-4-5-6-9-16(13(2)3)11-15(14(17)18)8-7-10-19-12-15/h13H,4-12H2,1-3H3,(H,17,18). The highest BCUT2D eigenvalue weighted by atomic mass is 16.5. The molecule has 0 aromatic heterocycles. The van der Waals surface area contributed by atoms with Gasteiger partial charge in [-0.2, -0.15) is 0 Å². The highest BCUT2D eigenvalue weighted by molar-refractivity contribution is 5.75. The maximum Gasteiger partial charge on any atom is 0.313 e. The van der Waals surface area contributed by atoms with Crippen LogP contribution in [0.3, 0.4) is 0 Å². The van der Waals surface area contributed by atoms with E-state index in [0.29, 0.717) is 25.8 Å². The van der Waals surface area contributed by atoms with Crippen molar-refractivity contribution >= 4 is 5.97 Å². The summed E-state index contributed by atoms with van der Waals surface area (Å²) in [6.07, 6.45) is 5.14. The van der Waals surface area contributed by atoms with Gasteiger partial charge in [-0.3, -0.25) is 9.69 Å². The highest BCUT2D eigenvalue weighted by Gasteiger charge is 2.42. The van der Waals surface area contributed by atoms with Crippen LogP contribution in [0, 0.1) is 5.41 Å². The van der Waals surface area contributed by atoms with Crippen LogP contribution in [0.2, 0.25) is 0 Å². The van der Waals surface area contributed by atoms with E-state index >= 15 is 0 Å². The zero-order valence-electron chi connectivity index (χ0n) is 12.7. The number of aliphatic carboxylic acids is 1. The van der Waals surface area contributed by atoms with E-state index in [4.69, 9.17) is 4.74 Å². The molecular weight excluding hydrogens is 242 g/mol. The van der Waals surface area contributed by atoms with Gasteiger partial charge < -0.3 is 9.84 Å². The summed E-state index contributed by atoms with van der Waals surface area (Å²) in [6, 6.07) is 0.384. The normalized spacial score (nSPS) is 24.1. The maximum absolute atomic E-state index is 11.7. The Kier molecular flexibility index (Phi) is 6.80. The molecule has 1 unspecified atom stereocenters. The molecule has 1 aliphatic rings. The van der Waals surface area contributed by atoms with Gasteiger partial charge in [0.15, 0.2) is 0 Å². The molecule has 0 aromatic rings. The second-order valence-electron chi connectivity index (χ2n) is 6.01. The molecule has 19 heavy (non-hydrogen) atoms. The van der Waals surface area contributed by atoms with E-state index in [1.807, 2.05) is 0 Å². The van der Waals surface area contributed by atoms with E-state index in [0.717, 1.165) is 25.8 Å². The Morgan fingerprint density at radius 2 is 2.16 bits per heavy atom. The molecule has 4 nitrogen and oxygen atoms in total. The Balaban J connectivity index is 2.65. The molecule has 1 rings (SSSR count). The van der Waals surface area contributed by atoms with E-state index in [2.05, 4.69) is 25.7 Å². The molecule has 0 amide bonds. The van der Waals surface area contributed by atoms with E-state index in [9.17, 15) is 9.90 Å². The van der Waals surface area contributed by atoms with Gasteiger partial charge in [-0.05, 0) is 39.7 Å². The van der Waals surface area contributed by atoms with Gasteiger partial charge in [0.25, 0.3) is 0 Å². The summed E-state index contributed by atoms with van der Waals surface area (Å²) in [5.41, 5.74) is -0.700. The van der Waals surface area contributed by atoms with Crippen molar-refractivity contribution in [1.82, 2.24) is 4.90 Å². The van der Waals surface area contributed by atoms with Gasteiger partial charge in [0.2, 0.25) is 0 Å². The molecule has 1 saturated heterocycles. The van der Waals surface area contributed by atoms with Gasteiger partial charge in [0.05, 0.1) is 6.61 Å². The molecule has 0 bridgehead atoms. The Bertz CT molecular complexity index is 273. The first-order valence-electron chi connectivity index (χ1n) is 7.57. The fourth-order valence-corrected chi connectivity index (χ4v) is 2.69. The summed E-state index contributed by atoms with van der Waals surface area (Å²) in [7, 11) is 0. The van der Waals surface area contributed by atoms with Crippen molar-refractivity contribution in [2.75, 3.05) is 26.3 Å². The van der Waals surface area contributed by atoms with Crippen molar-refractivity contribution < 1.29 is 14.6 Å². The van der Waals surface area contributed by atoms with Crippen LogP contribution < -0.4 is 0 Å². The van der Waals surface area contributed by atoms with E-state index < -0.39 is 11.4 Å². The number of carboxylic acid groups (broad SMARTS) is 1. The fraction of sp³-hybridized carbons (Fsp3) is 0.933. The van der Waals surface area contributed by atoms with Crippen molar-refractivity contribution in [3.8, 4) is 0 Å². The van der Waals surface area contributed by atoms with Gasteiger partial charge in [0.1, 0.15) is 5.41 Å². The van der Waals surface area contributed by atoms with Crippen molar-refractivity contribution in [3.05, 3.63) is 0 Å². The first-order valence-corrected chi connectivity index (χ1v) is 7.57. The highest BCUT2D eigenvalue weighted by Crippen LogP contribution is 2.31. The Morgan fingerprint density at radius 3 is 2.63 bits per heavy atom. The minimum atomic E-state index is -0.701. The number of rotatable bonds is 8. The third-order valence-corrected chi connectivity index (χ3v) is 4.06. The third kappa shape index (κ3) is 4.77. The SMILES string of the molecule is CCCCCN(CC1(C(=O)O)CCCOC1)C(C)C. The maximum atomic E-state index is 11.7. The predicted molar refractivity (Wildman–Crippen MR) is 76.4 cm³/mol. The molecule has 1 N–H and O–H groups in total. The molecule has 0 radical (unpaired) electrons. The van der Waals surface area contributed by atoms with Crippen molar-refractivity contribution in [1.29, 1.82) is 0 Å². The van der Waals surface area contributed by atoms with E-state index in [-0.39, 0.29) is 0 Å². The van der Waals surface area contributed by atoms with Crippen LogP contribution in [0.15, 0.2) is 0 Å². The van der Waals surface area contributed by atoms with Gasteiger partial charge in [0, 0.05) is 19.2 Å². The second kappa shape index (κ2) is 7.85.